The Morgan fingerprint density at radius 2 is 1.77 bits per heavy atom. The summed E-state index contributed by atoms with van der Waals surface area (Å²) >= 11 is 0. The Bertz CT molecular complexity index is 1140. The van der Waals surface area contributed by atoms with Gasteiger partial charge in [0.15, 0.2) is 5.58 Å². The van der Waals surface area contributed by atoms with Crippen LogP contribution >= 0.6 is 0 Å². The molecule has 1 amide bonds. The van der Waals surface area contributed by atoms with E-state index in [-0.39, 0.29) is 4.90 Å². The summed E-state index contributed by atoms with van der Waals surface area (Å²) in [5.74, 6) is -0.882. The van der Waals surface area contributed by atoms with Crippen molar-refractivity contribution < 1.29 is 17.6 Å². The average molecular weight is 375 g/mol. The normalized spacial score (nSPS) is 11.8. The summed E-state index contributed by atoms with van der Waals surface area (Å²) in [6, 6.07) is 10.5. The fourth-order valence-corrected chi connectivity index (χ4v) is 3.30. The third kappa shape index (κ3) is 3.14. The van der Waals surface area contributed by atoms with E-state index in [1.54, 1.807) is 25.2 Å². The molecule has 1 N–H and O–H groups in total. The highest BCUT2D eigenvalue weighted by Crippen LogP contribution is 2.19. The van der Waals surface area contributed by atoms with Crippen molar-refractivity contribution in [3.05, 3.63) is 58.6 Å². The lowest BCUT2D eigenvalue weighted by atomic mass is 10.2. The second kappa shape index (κ2) is 6.43. The van der Waals surface area contributed by atoms with Gasteiger partial charge in [0.1, 0.15) is 0 Å². The van der Waals surface area contributed by atoms with Crippen molar-refractivity contribution in [3.63, 3.8) is 0 Å². The van der Waals surface area contributed by atoms with Crippen LogP contribution in [0.3, 0.4) is 0 Å². The number of nitrogens with one attached hydrogen (secondary N) is 1. The van der Waals surface area contributed by atoms with E-state index in [4.69, 9.17) is 4.42 Å². The molecule has 0 fully saturated rings. The molecule has 0 saturated heterocycles. The monoisotopic (exact) mass is 375 g/mol. The number of hydrogen-bond acceptors (Lipinski definition) is 5. The molecule has 136 valence electrons. The minimum Gasteiger partial charge on any atom is -0.408 e. The van der Waals surface area contributed by atoms with E-state index >= 15 is 0 Å². The number of nitrogens with zero attached hydrogens (tertiary/aromatic N) is 2. The van der Waals surface area contributed by atoms with Crippen LogP contribution in [0.1, 0.15) is 10.4 Å². The van der Waals surface area contributed by atoms with Gasteiger partial charge in [-0.3, -0.25) is 9.36 Å². The van der Waals surface area contributed by atoms with Crippen LogP contribution in [-0.4, -0.2) is 37.3 Å². The SMILES string of the molecule is CN(C)S(=O)(=O)c1ccc(C(=O)Nc2ccc3oc(=O)n(C)c3c2)cc1. The molecule has 0 atom stereocenters. The number of aromatic nitrogens is 1. The number of amides is 1. The van der Waals surface area contributed by atoms with E-state index in [9.17, 15) is 18.0 Å². The molecule has 0 saturated carbocycles. The predicted octanol–water partition coefficient (Wildman–Crippen LogP) is 1.63. The summed E-state index contributed by atoms with van der Waals surface area (Å²) in [6.45, 7) is 0. The Kier molecular flexibility index (Phi) is 4.43. The lowest BCUT2D eigenvalue weighted by Crippen LogP contribution is -2.22. The molecule has 0 bridgehead atoms. The van der Waals surface area contributed by atoms with Crippen molar-refractivity contribution in [1.82, 2.24) is 8.87 Å². The van der Waals surface area contributed by atoms with Crippen molar-refractivity contribution in [1.29, 1.82) is 0 Å². The number of anilines is 1. The van der Waals surface area contributed by atoms with Crippen molar-refractivity contribution in [2.45, 2.75) is 4.90 Å². The number of carbonyl (C=O) groups excluding carboxylic acids is 1. The standard InChI is InChI=1S/C17H17N3O5S/c1-19(2)26(23,24)13-7-4-11(5-8-13)16(21)18-12-6-9-15-14(10-12)20(3)17(22)25-15/h4-10H,1-3H3,(H,18,21). The second-order valence-electron chi connectivity index (χ2n) is 5.88. The molecule has 0 aliphatic rings. The van der Waals surface area contributed by atoms with Crippen molar-refractivity contribution in [3.8, 4) is 0 Å². The molecular weight excluding hydrogens is 358 g/mol. The summed E-state index contributed by atoms with van der Waals surface area (Å²) in [6.07, 6.45) is 0. The first-order valence-electron chi connectivity index (χ1n) is 7.63. The van der Waals surface area contributed by atoms with Gasteiger partial charge in [0.05, 0.1) is 10.4 Å². The fraction of sp³-hybridized carbons (Fsp3) is 0.176. The lowest BCUT2D eigenvalue weighted by molar-refractivity contribution is 0.102. The summed E-state index contributed by atoms with van der Waals surface area (Å²) in [5.41, 5.74) is 1.78. The molecule has 0 unspecified atom stereocenters. The number of oxazole rings is 1. The number of aryl methyl sites for hydroxylation is 1. The number of sulfonamides is 1. The molecule has 1 heterocycles. The number of benzene rings is 2. The van der Waals surface area contributed by atoms with E-state index in [0.29, 0.717) is 22.4 Å². The van der Waals surface area contributed by atoms with Crippen LogP contribution in [0.4, 0.5) is 5.69 Å². The second-order valence-corrected chi connectivity index (χ2v) is 8.03. The molecule has 0 radical (unpaired) electrons. The molecule has 2 aromatic carbocycles. The Balaban J connectivity index is 1.84. The van der Waals surface area contributed by atoms with Crippen LogP contribution in [0.5, 0.6) is 0 Å². The van der Waals surface area contributed by atoms with E-state index < -0.39 is 21.7 Å². The van der Waals surface area contributed by atoms with Gasteiger partial charge < -0.3 is 9.73 Å². The van der Waals surface area contributed by atoms with Gasteiger partial charge in [-0.2, -0.15) is 0 Å². The molecule has 1 aromatic heterocycles. The first-order valence-corrected chi connectivity index (χ1v) is 9.07. The van der Waals surface area contributed by atoms with Crippen LogP contribution in [0.25, 0.3) is 11.1 Å². The Morgan fingerprint density at radius 1 is 1.12 bits per heavy atom. The minimum absolute atomic E-state index is 0.105. The largest absolute Gasteiger partial charge is 0.419 e. The fourth-order valence-electron chi connectivity index (χ4n) is 2.40. The maximum absolute atomic E-state index is 12.4. The van der Waals surface area contributed by atoms with Gasteiger partial charge in [0.25, 0.3) is 5.91 Å². The van der Waals surface area contributed by atoms with Gasteiger partial charge in [-0.25, -0.2) is 17.5 Å². The van der Waals surface area contributed by atoms with Crippen molar-refractivity contribution in [2.24, 2.45) is 7.05 Å². The van der Waals surface area contributed by atoms with Crippen LogP contribution < -0.4 is 11.1 Å². The van der Waals surface area contributed by atoms with Gasteiger partial charge in [0.2, 0.25) is 10.0 Å². The molecule has 9 heteroatoms. The van der Waals surface area contributed by atoms with Crippen LogP contribution in [-0.2, 0) is 17.1 Å². The summed E-state index contributed by atoms with van der Waals surface area (Å²) < 4.78 is 31.6. The van der Waals surface area contributed by atoms with Gasteiger partial charge in [-0.05, 0) is 42.5 Å². The zero-order chi connectivity index (χ0) is 19.1. The average Bonchev–Trinajstić information content (AvgIpc) is 2.89. The molecule has 0 aliphatic heterocycles. The first-order chi connectivity index (χ1) is 12.2. The van der Waals surface area contributed by atoms with Gasteiger partial charge in [-0.15, -0.1) is 0 Å². The van der Waals surface area contributed by atoms with Crippen LogP contribution in [0, 0.1) is 0 Å². The molecule has 0 spiro atoms. The Hall–Kier alpha value is -2.91. The highest BCUT2D eigenvalue weighted by Gasteiger charge is 2.17. The third-order valence-corrected chi connectivity index (χ3v) is 5.77. The Labute approximate surface area is 149 Å². The topological polar surface area (TPSA) is 102 Å². The lowest BCUT2D eigenvalue weighted by Gasteiger charge is -2.11. The summed E-state index contributed by atoms with van der Waals surface area (Å²) in [5, 5.41) is 2.71. The molecule has 0 aliphatic carbocycles. The molecule has 26 heavy (non-hydrogen) atoms. The Morgan fingerprint density at radius 3 is 2.38 bits per heavy atom. The predicted molar refractivity (Wildman–Crippen MR) is 96.7 cm³/mol. The minimum atomic E-state index is -3.55. The summed E-state index contributed by atoms with van der Waals surface area (Å²) in [4.78, 5) is 24.0. The van der Waals surface area contributed by atoms with E-state index in [1.165, 1.54) is 42.9 Å². The van der Waals surface area contributed by atoms with Crippen molar-refractivity contribution >= 4 is 32.7 Å². The maximum Gasteiger partial charge on any atom is 0.419 e. The van der Waals surface area contributed by atoms with Gasteiger partial charge in [0, 0.05) is 32.4 Å². The maximum atomic E-state index is 12.4. The van der Waals surface area contributed by atoms with E-state index in [1.807, 2.05) is 0 Å². The summed E-state index contributed by atoms with van der Waals surface area (Å²) in [7, 11) is 0.906. The zero-order valence-corrected chi connectivity index (χ0v) is 15.2. The number of fused-ring (bicyclic) bond motifs is 1. The van der Waals surface area contributed by atoms with E-state index in [2.05, 4.69) is 5.32 Å². The first kappa shape index (κ1) is 17.9. The zero-order valence-electron chi connectivity index (χ0n) is 14.4. The van der Waals surface area contributed by atoms with Crippen LogP contribution in [0.15, 0.2) is 56.6 Å². The van der Waals surface area contributed by atoms with Crippen molar-refractivity contribution in [2.75, 3.05) is 19.4 Å². The molecule has 3 aromatic rings. The van der Waals surface area contributed by atoms with Gasteiger partial charge in [-0.1, -0.05) is 0 Å². The van der Waals surface area contributed by atoms with E-state index in [0.717, 1.165) is 4.31 Å². The number of hydrogen-bond donors (Lipinski definition) is 1. The third-order valence-electron chi connectivity index (χ3n) is 3.94. The highest BCUT2D eigenvalue weighted by molar-refractivity contribution is 7.89. The number of rotatable bonds is 4. The highest BCUT2D eigenvalue weighted by atomic mass is 32.2. The van der Waals surface area contributed by atoms with Gasteiger partial charge >= 0.3 is 5.76 Å². The quantitative estimate of drug-likeness (QED) is 0.747. The molecular formula is C17H17N3O5S. The molecule has 8 nitrogen and oxygen atoms in total. The number of carbonyl (C=O) groups is 1. The molecule has 3 rings (SSSR count). The van der Waals surface area contributed by atoms with Crippen LogP contribution in [0.2, 0.25) is 0 Å². The smallest absolute Gasteiger partial charge is 0.408 e.